The van der Waals surface area contributed by atoms with Crippen LogP contribution in [0.15, 0.2) is 28.9 Å². The average molecular weight is 368 g/mol. The molecule has 142 valence electrons. The minimum Gasteiger partial charge on any atom is -0.507 e. The van der Waals surface area contributed by atoms with Crippen molar-refractivity contribution >= 4 is 11.8 Å². The summed E-state index contributed by atoms with van der Waals surface area (Å²) in [5.41, 5.74) is 3.27. The SMILES string of the molecule is Cc1occc1C(=O)N1CCN(C(=O)c2cc3c(cc2O)CCCC3)CC1. The first-order valence-corrected chi connectivity index (χ1v) is 9.52. The van der Waals surface area contributed by atoms with Gasteiger partial charge in [-0.15, -0.1) is 0 Å². The summed E-state index contributed by atoms with van der Waals surface area (Å²) in [5.74, 6) is 0.447. The highest BCUT2D eigenvalue weighted by Gasteiger charge is 2.28. The first kappa shape index (κ1) is 17.6. The van der Waals surface area contributed by atoms with Crippen molar-refractivity contribution in [2.45, 2.75) is 32.6 Å². The van der Waals surface area contributed by atoms with Crippen LogP contribution in [0.3, 0.4) is 0 Å². The molecule has 1 fully saturated rings. The Kier molecular flexibility index (Phi) is 4.64. The van der Waals surface area contributed by atoms with Gasteiger partial charge in [0.1, 0.15) is 11.5 Å². The molecule has 1 saturated heterocycles. The summed E-state index contributed by atoms with van der Waals surface area (Å²) in [6.45, 7) is 3.63. The number of phenols is 1. The van der Waals surface area contributed by atoms with Crippen LogP contribution in [-0.2, 0) is 12.8 Å². The van der Waals surface area contributed by atoms with Gasteiger partial charge in [-0.05, 0) is 61.9 Å². The molecule has 2 aromatic rings. The Morgan fingerprint density at radius 2 is 1.48 bits per heavy atom. The molecule has 0 spiro atoms. The first-order chi connectivity index (χ1) is 13.0. The van der Waals surface area contributed by atoms with E-state index in [0.717, 1.165) is 31.2 Å². The van der Waals surface area contributed by atoms with Gasteiger partial charge in [-0.1, -0.05) is 0 Å². The lowest BCUT2D eigenvalue weighted by Gasteiger charge is -2.35. The van der Waals surface area contributed by atoms with E-state index in [9.17, 15) is 14.7 Å². The number of amides is 2. The highest BCUT2D eigenvalue weighted by Crippen LogP contribution is 2.29. The number of piperazine rings is 1. The predicted octanol–water partition coefficient (Wildman–Crippen LogP) is 2.77. The van der Waals surface area contributed by atoms with E-state index >= 15 is 0 Å². The van der Waals surface area contributed by atoms with E-state index in [1.807, 2.05) is 6.07 Å². The Labute approximate surface area is 158 Å². The van der Waals surface area contributed by atoms with Crippen molar-refractivity contribution in [2.24, 2.45) is 0 Å². The molecule has 0 saturated carbocycles. The molecule has 0 radical (unpaired) electrons. The number of rotatable bonds is 2. The largest absolute Gasteiger partial charge is 0.507 e. The van der Waals surface area contributed by atoms with Gasteiger partial charge < -0.3 is 19.3 Å². The lowest BCUT2D eigenvalue weighted by molar-refractivity contribution is 0.0532. The fraction of sp³-hybridized carbons (Fsp3) is 0.429. The summed E-state index contributed by atoms with van der Waals surface area (Å²) in [5, 5.41) is 10.3. The second-order valence-corrected chi connectivity index (χ2v) is 7.32. The Hall–Kier alpha value is -2.76. The first-order valence-electron chi connectivity index (χ1n) is 9.52. The Morgan fingerprint density at radius 1 is 0.926 bits per heavy atom. The third-order valence-corrected chi connectivity index (χ3v) is 5.63. The molecule has 0 unspecified atom stereocenters. The van der Waals surface area contributed by atoms with Crippen LogP contribution >= 0.6 is 0 Å². The van der Waals surface area contributed by atoms with E-state index in [1.165, 1.54) is 11.8 Å². The maximum Gasteiger partial charge on any atom is 0.257 e. The molecule has 0 atom stereocenters. The van der Waals surface area contributed by atoms with Gasteiger partial charge in [0.2, 0.25) is 0 Å². The topological polar surface area (TPSA) is 74.0 Å². The number of benzene rings is 1. The third kappa shape index (κ3) is 3.31. The van der Waals surface area contributed by atoms with Gasteiger partial charge in [-0.2, -0.15) is 0 Å². The van der Waals surface area contributed by atoms with Crippen molar-refractivity contribution in [3.05, 3.63) is 52.5 Å². The van der Waals surface area contributed by atoms with E-state index in [0.29, 0.717) is 43.1 Å². The van der Waals surface area contributed by atoms with Gasteiger partial charge >= 0.3 is 0 Å². The van der Waals surface area contributed by atoms with Crippen LogP contribution in [0.4, 0.5) is 0 Å². The molecule has 0 bridgehead atoms. The number of carbonyl (C=O) groups is 2. The van der Waals surface area contributed by atoms with Crippen molar-refractivity contribution in [3.8, 4) is 5.75 Å². The van der Waals surface area contributed by atoms with Crippen molar-refractivity contribution in [2.75, 3.05) is 26.2 Å². The minimum absolute atomic E-state index is 0.0631. The van der Waals surface area contributed by atoms with Crippen LogP contribution < -0.4 is 0 Å². The van der Waals surface area contributed by atoms with Gasteiger partial charge in [0.05, 0.1) is 17.4 Å². The van der Waals surface area contributed by atoms with E-state index in [2.05, 4.69) is 0 Å². The highest BCUT2D eigenvalue weighted by molar-refractivity contribution is 5.98. The van der Waals surface area contributed by atoms with Crippen LogP contribution in [0.1, 0.15) is 50.4 Å². The second kappa shape index (κ2) is 7.10. The number of aryl methyl sites for hydroxylation is 3. The molecular weight excluding hydrogens is 344 g/mol. The number of nitrogens with zero attached hydrogens (tertiary/aromatic N) is 2. The fourth-order valence-electron chi connectivity index (χ4n) is 4.00. The molecule has 2 amide bonds. The molecular formula is C21H24N2O4. The summed E-state index contributed by atoms with van der Waals surface area (Å²) >= 11 is 0. The van der Waals surface area contributed by atoms with Gasteiger partial charge in [0.15, 0.2) is 0 Å². The van der Waals surface area contributed by atoms with Gasteiger partial charge in [0.25, 0.3) is 11.8 Å². The summed E-state index contributed by atoms with van der Waals surface area (Å²) < 4.78 is 5.21. The normalized spacial score (nSPS) is 16.9. The molecule has 1 aliphatic heterocycles. The van der Waals surface area contributed by atoms with Crippen molar-refractivity contribution in [3.63, 3.8) is 0 Å². The fourth-order valence-corrected chi connectivity index (χ4v) is 4.00. The summed E-state index contributed by atoms with van der Waals surface area (Å²) in [6, 6.07) is 5.29. The number of furan rings is 1. The predicted molar refractivity (Wildman–Crippen MR) is 100 cm³/mol. The van der Waals surface area contributed by atoms with Crippen molar-refractivity contribution in [1.29, 1.82) is 0 Å². The minimum atomic E-state index is -0.160. The Morgan fingerprint density at radius 3 is 2.04 bits per heavy atom. The molecule has 4 rings (SSSR count). The monoisotopic (exact) mass is 368 g/mol. The van der Waals surface area contributed by atoms with E-state index < -0.39 is 0 Å². The number of carbonyl (C=O) groups excluding carboxylic acids is 2. The molecule has 2 aliphatic rings. The molecule has 1 N–H and O–H groups in total. The summed E-state index contributed by atoms with van der Waals surface area (Å²) in [6.07, 6.45) is 5.69. The molecule has 27 heavy (non-hydrogen) atoms. The second-order valence-electron chi connectivity index (χ2n) is 7.32. The molecule has 1 aliphatic carbocycles. The number of hydrogen-bond donors (Lipinski definition) is 1. The van der Waals surface area contributed by atoms with Crippen LogP contribution in [-0.4, -0.2) is 52.9 Å². The van der Waals surface area contributed by atoms with Crippen molar-refractivity contribution in [1.82, 2.24) is 9.80 Å². The number of phenolic OH excluding ortho intramolecular Hbond substituents is 1. The lowest BCUT2D eigenvalue weighted by Crippen LogP contribution is -2.50. The number of hydrogen-bond acceptors (Lipinski definition) is 4. The molecule has 6 nitrogen and oxygen atoms in total. The lowest BCUT2D eigenvalue weighted by atomic mass is 9.89. The summed E-state index contributed by atoms with van der Waals surface area (Å²) in [7, 11) is 0. The standard InChI is InChI=1S/C21H24N2O4/c1-14-17(6-11-27-14)20(25)22-7-9-23(10-8-22)21(26)18-12-15-4-2-3-5-16(15)13-19(18)24/h6,11-13,24H,2-5,7-10H2,1H3. The zero-order valence-corrected chi connectivity index (χ0v) is 15.5. The quantitative estimate of drug-likeness (QED) is 0.885. The zero-order valence-electron chi connectivity index (χ0n) is 15.5. The maximum atomic E-state index is 12.9. The van der Waals surface area contributed by atoms with E-state index in [1.54, 1.807) is 28.9 Å². The molecule has 6 heteroatoms. The number of fused-ring (bicyclic) bond motifs is 1. The van der Waals surface area contributed by atoms with E-state index in [-0.39, 0.29) is 17.6 Å². The summed E-state index contributed by atoms with van der Waals surface area (Å²) in [4.78, 5) is 28.9. The smallest absolute Gasteiger partial charge is 0.257 e. The van der Waals surface area contributed by atoms with Crippen molar-refractivity contribution < 1.29 is 19.1 Å². The van der Waals surface area contributed by atoms with Crippen LogP contribution in [0.25, 0.3) is 0 Å². The highest BCUT2D eigenvalue weighted by atomic mass is 16.3. The average Bonchev–Trinajstić information content (AvgIpc) is 3.12. The molecule has 1 aromatic carbocycles. The maximum absolute atomic E-state index is 12.9. The molecule has 1 aromatic heterocycles. The van der Waals surface area contributed by atoms with Gasteiger partial charge in [-0.25, -0.2) is 0 Å². The molecule has 2 heterocycles. The third-order valence-electron chi connectivity index (χ3n) is 5.63. The van der Waals surface area contributed by atoms with E-state index in [4.69, 9.17) is 4.42 Å². The van der Waals surface area contributed by atoms with Crippen LogP contribution in [0, 0.1) is 6.92 Å². The Balaban J connectivity index is 1.45. The van der Waals surface area contributed by atoms with Crippen LogP contribution in [0.5, 0.6) is 5.75 Å². The van der Waals surface area contributed by atoms with Gasteiger partial charge in [0, 0.05) is 26.2 Å². The Bertz CT molecular complexity index is 878. The van der Waals surface area contributed by atoms with Crippen LogP contribution in [0.2, 0.25) is 0 Å². The number of aromatic hydroxyl groups is 1. The zero-order chi connectivity index (χ0) is 19.0. The van der Waals surface area contributed by atoms with Gasteiger partial charge in [-0.3, -0.25) is 9.59 Å².